The number of benzene rings is 2. The minimum absolute atomic E-state index is 0.103. The highest BCUT2D eigenvalue weighted by Gasteiger charge is 2.20. The molecule has 1 aromatic heterocycles. The van der Waals surface area contributed by atoms with E-state index in [0.717, 1.165) is 18.7 Å². The zero-order valence-corrected chi connectivity index (χ0v) is 18.1. The molecule has 1 N–H and O–H groups in total. The van der Waals surface area contributed by atoms with Crippen LogP contribution in [0.4, 0.5) is 0 Å². The van der Waals surface area contributed by atoms with Crippen molar-refractivity contribution < 1.29 is 9.59 Å². The maximum Gasteiger partial charge on any atom is 0.290 e. The van der Waals surface area contributed by atoms with Crippen molar-refractivity contribution in [2.75, 3.05) is 13.1 Å². The van der Waals surface area contributed by atoms with Crippen molar-refractivity contribution >= 4 is 23.4 Å². The zero-order valence-electron chi connectivity index (χ0n) is 17.3. The Kier molecular flexibility index (Phi) is 6.32. The summed E-state index contributed by atoms with van der Waals surface area (Å²) in [5, 5.41) is 7.73. The highest BCUT2D eigenvalue weighted by molar-refractivity contribution is 6.30. The molecule has 0 unspecified atom stereocenters. The van der Waals surface area contributed by atoms with Crippen molar-refractivity contribution in [1.29, 1.82) is 0 Å². The number of rotatable bonds is 6. The zero-order chi connectivity index (χ0) is 21.8. The van der Waals surface area contributed by atoms with Crippen LogP contribution in [0.3, 0.4) is 0 Å². The maximum absolute atomic E-state index is 12.5. The minimum Gasteiger partial charge on any atom is -0.349 e. The van der Waals surface area contributed by atoms with E-state index < -0.39 is 0 Å². The van der Waals surface area contributed by atoms with Gasteiger partial charge in [-0.15, -0.1) is 5.10 Å². The number of nitrogens with zero attached hydrogens (tertiary/aromatic N) is 4. The highest BCUT2D eigenvalue weighted by atomic mass is 35.5. The molecule has 160 valence electrons. The van der Waals surface area contributed by atoms with Crippen LogP contribution in [-0.2, 0) is 17.8 Å². The van der Waals surface area contributed by atoms with Crippen LogP contribution in [0.5, 0.6) is 0 Å². The fourth-order valence-corrected chi connectivity index (χ4v) is 3.83. The Hall–Kier alpha value is -3.19. The van der Waals surface area contributed by atoms with Gasteiger partial charge in [0.15, 0.2) is 0 Å². The second-order valence-corrected chi connectivity index (χ2v) is 8.00. The monoisotopic (exact) mass is 437 g/mol. The molecule has 2 heterocycles. The Morgan fingerprint density at radius 1 is 1.10 bits per heavy atom. The number of halogens is 1. The molecule has 1 aliphatic rings. The van der Waals surface area contributed by atoms with Crippen molar-refractivity contribution in [3.8, 4) is 5.69 Å². The number of aromatic nitrogens is 3. The molecule has 31 heavy (non-hydrogen) atoms. The van der Waals surface area contributed by atoms with Gasteiger partial charge in [-0.3, -0.25) is 9.59 Å². The molecule has 3 aromatic rings. The van der Waals surface area contributed by atoms with E-state index in [2.05, 4.69) is 27.5 Å². The lowest BCUT2D eigenvalue weighted by molar-refractivity contribution is -0.132. The number of carbonyl (C=O) groups excluding carboxylic acids is 2. The minimum atomic E-state index is -0.352. The van der Waals surface area contributed by atoms with E-state index in [0.29, 0.717) is 36.8 Å². The van der Waals surface area contributed by atoms with E-state index in [1.807, 2.05) is 29.2 Å². The second-order valence-electron chi connectivity index (χ2n) is 7.56. The molecule has 2 aromatic carbocycles. The third kappa shape index (κ3) is 4.94. The lowest BCUT2D eigenvalue weighted by Gasteiger charge is -2.29. The summed E-state index contributed by atoms with van der Waals surface area (Å²) in [4.78, 5) is 31.1. The first-order valence-corrected chi connectivity index (χ1v) is 10.7. The third-order valence-electron chi connectivity index (χ3n) is 5.38. The molecule has 0 spiro atoms. The SMILES string of the molecule is Cc1nc(C(=O)NCCCC(=O)N2CCc3ccccc3C2)nn1-c1ccc(Cl)cc1. The molecule has 8 heteroatoms. The van der Waals surface area contributed by atoms with E-state index in [1.165, 1.54) is 11.1 Å². The summed E-state index contributed by atoms with van der Waals surface area (Å²) in [7, 11) is 0. The Bertz CT molecular complexity index is 1090. The lowest BCUT2D eigenvalue weighted by Crippen LogP contribution is -2.36. The van der Waals surface area contributed by atoms with Crippen LogP contribution in [-0.4, -0.2) is 44.6 Å². The van der Waals surface area contributed by atoms with Crippen LogP contribution in [0.25, 0.3) is 5.69 Å². The number of amides is 2. The Morgan fingerprint density at radius 3 is 2.61 bits per heavy atom. The average molecular weight is 438 g/mol. The van der Waals surface area contributed by atoms with Crippen LogP contribution in [0, 0.1) is 6.92 Å². The van der Waals surface area contributed by atoms with Crippen molar-refractivity contribution in [2.24, 2.45) is 0 Å². The normalized spacial score (nSPS) is 13.0. The molecule has 4 rings (SSSR count). The number of hydrogen-bond donors (Lipinski definition) is 1. The number of nitrogens with one attached hydrogen (secondary N) is 1. The first kappa shape index (κ1) is 21.1. The summed E-state index contributed by atoms with van der Waals surface area (Å²) in [5.41, 5.74) is 3.31. The van der Waals surface area contributed by atoms with Gasteiger partial charge in [0.1, 0.15) is 5.82 Å². The first-order valence-electron chi connectivity index (χ1n) is 10.3. The number of fused-ring (bicyclic) bond motifs is 1. The summed E-state index contributed by atoms with van der Waals surface area (Å²) < 4.78 is 1.60. The molecular formula is C23H24ClN5O2. The van der Waals surface area contributed by atoms with Crippen molar-refractivity contribution in [2.45, 2.75) is 32.7 Å². The number of aryl methyl sites for hydroxylation is 1. The number of hydrogen-bond acceptors (Lipinski definition) is 4. The molecule has 0 atom stereocenters. The van der Waals surface area contributed by atoms with Crippen LogP contribution < -0.4 is 5.32 Å². The third-order valence-corrected chi connectivity index (χ3v) is 5.63. The predicted molar refractivity (Wildman–Crippen MR) is 118 cm³/mol. The van der Waals surface area contributed by atoms with E-state index in [1.54, 1.807) is 23.7 Å². The topological polar surface area (TPSA) is 80.1 Å². The lowest BCUT2D eigenvalue weighted by atomic mass is 9.99. The van der Waals surface area contributed by atoms with E-state index in [9.17, 15) is 9.59 Å². The van der Waals surface area contributed by atoms with Gasteiger partial charge in [-0.2, -0.15) is 0 Å². The molecule has 0 saturated heterocycles. The Balaban J connectivity index is 1.26. The Morgan fingerprint density at radius 2 is 1.84 bits per heavy atom. The molecular weight excluding hydrogens is 414 g/mol. The van der Waals surface area contributed by atoms with Crippen molar-refractivity contribution in [3.05, 3.63) is 76.3 Å². The van der Waals surface area contributed by atoms with Gasteiger partial charge < -0.3 is 10.2 Å². The number of carbonyl (C=O) groups is 2. The summed E-state index contributed by atoms with van der Waals surface area (Å²) in [6.45, 7) is 3.58. The van der Waals surface area contributed by atoms with Gasteiger partial charge in [-0.1, -0.05) is 35.9 Å². The van der Waals surface area contributed by atoms with Gasteiger partial charge in [0, 0.05) is 31.1 Å². The van der Waals surface area contributed by atoms with E-state index >= 15 is 0 Å². The molecule has 0 radical (unpaired) electrons. The van der Waals surface area contributed by atoms with Crippen LogP contribution >= 0.6 is 11.6 Å². The molecule has 1 aliphatic heterocycles. The molecule has 0 saturated carbocycles. The summed E-state index contributed by atoms with van der Waals surface area (Å²) in [6.07, 6.45) is 1.85. The second kappa shape index (κ2) is 9.31. The molecule has 0 aliphatic carbocycles. The van der Waals surface area contributed by atoms with Crippen LogP contribution in [0.15, 0.2) is 48.5 Å². The van der Waals surface area contributed by atoms with E-state index in [-0.39, 0.29) is 17.6 Å². The first-order chi connectivity index (χ1) is 15.0. The Labute approximate surface area is 186 Å². The standard InChI is InChI=1S/C23H24ClN5O2/c1-16-26-22(27-29(16)20-10-8-19(24)9-11-20)23(31)25-13-4-7-21(30)28-14-12-17-5-2-3-6-18(17)15-28/h2-3,5-6,8-11H,4,7,12-15H2,1H3,(H,25,31). The van der Waals surface area contributed by atoms with Gasteiger partial charge in [-0.25, -0.2) is 9.67 Å². The van der Waals surface area contributed by atoms with Gasteiger partial charge in [0.2, 0.25) is 11.7 Å². The average Bonchev–Trinajstić information content (AvgIpc) is 3.18. The fourth-order valence-electron chi connectivity index (χ4n) is 3.70. The summed E-state index contributed by atoms with van der Waals surface area (Å²) in [5.74, 6) is 0.472. The van der Waals surface area contributed by atoms with Gasteiger partial charge in [0.05, 0.1) is 5.69 Å². The van der Waals surface area contributed by atoms with Crippen molar-refractivity contribution in [3.63, 3.8) is 0 Å². The summed E-state index contributed by atoms with van der Waals surface area (Å²) in [6, 6.07) is 15.4. The van der Waals surface area contributed by atoms with E-state index in [4.69, 9.17) is 11.6 Å². The fraction of sp³-hybridized carbons (Fsp3) is 0.304. The quantitative estimate of drug-likeness (QED) is 0.600. The molecule has 0 bridgehead atoms. The van der Waals surface area contributed by atoms with Crippen LogP contribution in [0.1, 0.15) is 40.4 Å². The molecule has 7 nitrogen and oxygen atoms in total. The maximum atomic E-state index is 12.5. The highest BCUT2D eigenvalue weighted by Crippen LogP contribution is 2.19. The predicted octanol–water partition coefficient (Wildman–Crippen LogP) is 3.32. The largest absolute Gasteiger partial charge is 0.349 e. The summed E-state index contributed by atoms with van der Waals surface area (Å²) >= 11 is 5.92. The smallest absolute Gasteiger partial charge is 0.290 e. The van der Waals surface area contributed by atoms with Gasteiger partial charge in [-0.05, 0) is 55.2 Å². The van der Waals surface area contributed by atoms with Gasteiger partial charge in [0.25, 0.3) is 5.91 Å². The van der Waals surface area contributed by atoms with Gasteiger partial charge >= 0.3 is 0 Å². The molecule has 2 amide bonds. The van der Waals surface area contributed by atoms with Crippen molar-refractivity contribution in [1.82, 2.24) is 25.0 Å². The molecule has 0 fully saturated rings. The van der Waals surface area contributed by atoms with Crippen LogP contribution in [0.2, 0.25) is 5.02 Å².